The van der Waals surface area contributed by atoms with Crippen LogP contribution in [0, 0.1) is 0 Å². The molecule has 0 radical (unpaired) electrons. The molecule has 0 N–H and O–H groups in total. The summed E-state index contributed by atoms with van der Waals surface area (Å²) in [6, 6.07) is 0. The van der Waals surface area contributed by atoms with E-state index >= 15 is 0 Å². The Morgan fingerprint density at radius 2 is 1.00 bits per heavy atom. The second-order valence-electron chi connectivity index (χ2n) is 6.01. The summed E-state index contributed by atoms with van der Waals surface area (Å²) in [6.07, 6.45) is 0. The molecule has 0 atom stereocenters. The van der Waals surface area contributed by atoms with Gasteiger partial charge < -0.3 is 9.44 Å². The molecule has 1 rings (SSSR count). The Labute approximate surface area is 84.8 Å². The summed E-state index contributed by atoms with van der Waals surface area (Å²) in [4.78, 5) is 0. The molecule has 1 fully saturated rings. The molecule has 72 valence electrons. The number of rotatable bonds is 0. The van der Waals surface area contributed by atoms with E-state index in [9.17, 15) is 0 Å². The van der Waals surface area contributed by atoms with Crippen molar-refractivity contribution < 1.29 is 0 Å². The zero-order valence-electron chi connectivity index (χ0n) is 10.0. The molecule has 13 heavy (non-hydrogen) atoms. The van der Waals surface area contributed by atoms with Crippen LogP contribution >= 0.6 is 0 Å². The van der Waals surface area contributed by atoms with E-state index in [1.807, 2.05) is 0 Å². The monoisotopic (exact) mass is 178 g/mol. The molecule has 0 aromatic heterocycles. The minimum Gasteiger partial charge on any atom is -0.377 e. The Balaban J connectivity index is 2.55. The van der Waals surface area contributed by atoms with E-state index in [2.05, 4.69) is 51.0 Å². The van der Waals surface area contributed by atoms with Gasteiger partial charge in [-0.2, -0.15) is 0 Å². The van der Waals surface area contributed by atoms with E-state index < -0.39 is 0 Å². The number of hydrogen-bond acceptors (Lipinski definition) is 2. The van der Waals surface area contributed by atoms with Gasteiger partial charge in [-0.05, 0) is 52.6 Å². The van der Waals surface area contributed by atoms with Crippen LogP contribution in [-0.2, 0) is 0 Å². The molecule has 1 saturated heterocycles. The van der Waals surface area contributed by atoms with Crippen molar-refractivity contribution in [2.75, 3.05) is 0 Å². The molecular weight excluding hydrogens is 157 g/mol. The van der Waals surface area contributed by atoms with Gasteiger partial charge in [0.1, 0.15) is 0 Å². The molecule has 5 heteroatoms. The Bertz CT molecular complexity index is 163. The fourth-order valence-corrected chi connectivity index (χ4v) is 1.68. The van der Waals surface area contributed by atoms with Crippen LogP contribution < -0.4 is 0 Å². The zero-order chi connectivity index (χ0) is 10.3. The van der Waals surface area contributed by atoms with E-state index in [4.69, 9.17) is 0 Å². The largest absolute Gasteiger partial charge is 0.377 e. The van der Waals surface area contributed by atoms with Crippen molar-refractivity contribution in [2.45, 2.75) is 52.6 Å². The van der Waals surface area contributed by atoms with Gasteiger partial charge in [0.05, 0.1) is 0 Å². The molecule has 0 saturated carbocycles. The van der Waals surface area contributed by atoms with Crippen molar-refractivity contribution in [3.8, 4) is 0 Å². The van der Waals surface area contributed by atoms with Gasteiger partial charge in [0, 0.05) is 0 Å². The summed E-state index contributed by atoms with van der Waals surface area (Å²) >= 11 is 0. The Hall–Kier alpha value is 0.115. The van der Waals surface area contributed by atoms with Gasteiger partial charge >= 0.3 is 0 Å². The maximum atomic E-state index is 2.54. The van der Waals surface area contributed by atoms with Gasteiger partial charge in [-0.3, -0.25) is 0 Å². The minimum absolute atomic E-state index is 0.319. The predicted molar refractivity (Wildman–Crippen MR) is 64.6 cm³/mol. The normalized spacial score (nSPS) is 20.8. The second-order valence-corrected chi connectivity index (χ2v) is 6.01. The quantitative estimate of drug-likeness (QED) is 0.484. The van der Waals surface area contributed by atoms with Crippen molar-refractivity contribution in [3.63, 3.8) is 0 Å². The van der Waals surface area contributed by atoms with Crippen LogP contribution in [0.2, 0.25) is 0 Å². The van der Waals surface area contributed by atoms with Gasteiger partial charge in [0.25, 0.3) is 7.55 Å². The summed E-state index contributed by atoms with van der Waals surface area (Å²) in [5.41, 5.74) is 0.639. The molecule has 2 nitrogen and oxygen atoms in total. The Kier molecular flexibility index (Phi) is 2.89. The fraction of sp³-hybridized carbons (Fsp3) is 1.00. The summed E-state index contributed by atoms with van der Waals surface area (Å²) in [5, 5.41) is 0. The lowest BCUT2D eigenvalue weighted by Gasteiger charge is -2.36. The first kappa shape index (κ1) is 11.2. The lowest BCUT2D eigenvalue weighted by molar-refractivity contribution is 0.334. The van der Waals surface area contributed by atoms with Crippen LogP contribution in [0.4, 0.5) is 0 Å². The van der Waals surface area contributed by atoms with Gasteiger partial charge in [-0.1, -0.05) is 0 Å². The van der Waals surface area contributed by atoms with Gasteiger partial charge in [-0.25, -0.2) is 0 Å². The summed E-state index contributed by atoms with van der Waals surface area (Å²) < 4.78 is 5.08. The van der Waals surface area contributed by atoms with Gasteiger partial charge in [0.2, 0.25) is 0 Å². The lowest BCUT2D eigenvalue weighted by atomic mass is 9.54. The fourth-order valence-electron chi connectivity index (χ4n) is 1.68. The first-order valence-corrected chi connectivity index (χ1v) is 5.21. The SMILES string of the molecule is CC(C)(C)N1BBN(C(C)(C)C)B1. The smallest absolute Gasteiger partial charge is 0.268 e. The van der Waals surface area contributed by atoms with E-state index in [-0.39, 0.29) is 0 Å². The van der Waals surface area contributed by atoms with Crippen LogP contribution in [0.1, 0.15) is 41.5 Å². The number of hydrogen-bond donors (Lipinski definition) is 0. The molecule has 0 aromatic carbocycles. The molecule has 0 unspecified atom stereocenters. The third-order valence-corrected chi connectivity index (χ3v) is 2.88. The Morgan fingerprint density at radius 3 is 1.15 bits per heavy atom. The van der Waals surface area contributed by atoms with Crippen LogP contribution in [-0.4, -0.2) is 42.7 Å². The minimum atomic E-state index is 0.319. The zero-order valence-corrected chi connectivity index (χ0v) is 10.0. The molecule has 0 bridgehead atoms. The summed E-state index contributed by atoms with van der Waals surface area (Å²) in [5.74, 6) is 0. The van der Waals surface area contributed by atoms with Crippen LogP contribution in [0.5, 0.6) is 0 Å². The second kappa shape index (κ2) is 3.36. The summed E-state index contributed by atoms with van der Waals surface area (Å²) in [7, 11) is 3.54. The average Bonchev–Trinajstić information content (AvgIpc) is 2.28. The molecule has 0 amide bonds. The van der Waals surface area contributed by atoms with Crippen LogP contribution in [0.15, 0.2) is 0 Å². The molecule has 1 heterocycles. The highest BCUT2D eigenvalue weighted by atomic mass is 15.2. The lowest BCUT2D eigenvalue weighted by Crippen LogP contribution is -2.48. The van der Waals surface area contributed by atoms with Crippen molar-refractivity contribution in [3.05, 3.63) is 0 Å². The van der Waals surface area contributed by atoms with E-state index in [1.54, 1.807) is 0 Å². The van der Waals surface area contributed by atoms with E-state index in [0.717, 1.165) is 7.55 Å². The molecule has 0 aliphatic carbocycles. The Morgan fingerprint density at radius 1 is 0.692 bits per heavy atom. The highest BCUT2D eigenvalue weighted by Gasteiger charge is 2.35. The maximum absolute atomic E-state index is 2.54. The van der Waals surface area contributed by atoms with E-state index in [0.29, 0.717) is 11.1 Å². The highest BCUT2D eigenvalue weighted by Crippen LogP contribution is 2.19. The predicted octanol–water partition coefficient (Wildman–Crippen LogP) is 0.0855. The first-order chi connectivity index (χ1) is 5.71. The standard InChI is InChI=1S/C8H21B3N2/c1-7(2,3)12-9-10-13(11-12)8(4,5)6/h9-11H,1-6H3. The van der Waals surface area contributed by atoms with Gasteiger partial charge in [-0.15, -0.1) is 0 Å². The third kappa shape index (κ3) is 2.78. The topological polar surface area (TPSA) is 6.48 Å². The summed E-state index contributed by atoms with van der Waals surface area (Å²) in [6.45, 7) is 13.7. The highest BCUT2D eigenvalue weighted by molar-refractivity contribution is 7.05. The van der Waals surface area contributed by atoms with Crippen LogP contribution in [0.25, 0.3) is 0 Å². The molecule has 1 aliphatic heterocycles. The average molecular weight is 178 g/mol. The van der Waals surface area contributed by atoms with Crippen LogP contribution in [0.3, 0.4) is 0 Å². The van der Waals surface area contributed by atoms with Gasteiger partial charge in [0.15, 0.2) is 14.6 Å². The van der Waals surface area contributed by atoms with Crippen molar-refractivity contribution in [2.24, 2.45) is 0 Å². The van der Waals surface area contributed by atoms with Crippen molar-refractivity contribution >= 4 is 22.2 Å². The third-order valence-electron chi connectivity index (χ3n) is 2.88. The molecule has 0 aromatic rings. The molecular formula is C8H21B3N2. The van der Waals surface area contributed by atoms with Crippen molar-refractivity contribution in [1.29, 1.82) is 0 Å². The molecule has 0 spiro atoms. The molecule has 1 aliphatic rings. The maximum Gasteiger partial charge on any atom is 0.268 e. The van der Waals surface area contributed by atoms with E-state index in [1.165, 1.54) is 14.6 Å². The van der Waals surface area contributed by atoms with Crippen molar-refractivity contribution in [1.82, 2.24) is 9.44 Å². The first-order valence-electron chi connectivity index (χ1n) is 5.21. The number of nitrogens with zero attached hydrogens (tertiary/aromatic N) is 2.